The van der Waals surface area contributed by atoms with E-state index < -0.39 is 11.9 Å². The summed E-state index contributed by atoms with van der Waals surface area (Å²) >= 11 is 6.01. The minimum absolute atomic E-state index is 0.320. The van der Waals surface area contributed by atoms with Gasteiger partial charge in [0, 0.05) is 10.6 Å². The maximum atomic E-state index is 11.8. The van der Waals surface area contributed by atoms with Gasteiger partial charge in [-0.05, 0) is 41.7 Å². The molecule has 1 atom stereocenters. The molecule has 0 aliphatic carbocycles. The molecule has 2 aromatic carbocycles. The van der Waals surface area contributed by atoms with Crippen molar-refractivity contribution in [3.8, 4) is 5.75 Å². The van der Waals surface area contributed by atoms with Crippen molar-refractivity contribution in [2.75, 3.05) is 7.11 Å². The van der Waals surface area contributed by atoms with Crippen molar-refractivity contribution < 1.29 is 14.6 Å². The number of carbonyl (C=O) groups is 1. The van der Waals surface area contributed by atoms with E-state index in [4.69, 9.17) is 16.3 Å². The van der Waals surface area contributed by atoms with Crippen molar-refractivity contribution in [1.82, 2.24) is 0 Å². The lowest BCUT2D eigenvalue weighted by Gasteiger charge is -2.19. The molecule has 0 bridgehead atoms. The summed E-state index contributed by atoms with van der Waals surface area (Å²) in [5.41, 5.74) is 2.69. The second-order valence-electron chi connectivity index (χ2n) is 5.88. The fourth-order valence-corrected chi connectivity index (χ4v) is 2.83. The molecule has 0 fully saturated rings. The summed E-state index contributed by atoms with van der Waals surface area (Å²) in [6.45, 7) is 4.16. The lowest BCUT2D eigenvalue weighted by atomic mass is 9.88. The molecule has 0 aromatic heterocycles. The van der Waals surface area contributed by atoms with E-state index in [-0.39, 0.29) is 0 Å². The van der Waals surface area contributed by atoms with Gasteiger partial charge in [-0.25, -0.2) is 0 Å². The monoisotopic (exact) mass is 332 g/mol. The molecule has 23 heavy (non-hydrogen) atoms. The van der Waals surface area contributed by atoms with Crippen molar-refractivity contribution in [3.63, 3.8) is 0 Å². The summed E-state index contributed by atoms with van der Waals surface area (Å²) in [6.07, 6.45) is 0.369. The number of hydrogen-bond donors (Lipinski definition) is 1. The average Bonchev–Trinajstić information content (AvgIpc) is 2.51. The highest BCUT2D eigenvalue weighted by atomic mass is 35.5. The van der Waals surface area contributed by atoms with E-state index in [9.17, 15) is 9.90 Å². The summed E-state index contributed by atoms with van der Waals surface area (Å²) in [5.74, 6) is -0.629. The van der Waals surface area contributed by atoms with E-state index in [1.54, 1.807) is 19.2 Å². The van der Waals surface area contributed by atoms with Crippen LogP contribution in [0.3, 0.4) is 0 Å². The van der Waals surface area contributed by atoms with Crippen LogP contribution in [0.2, 0.25) is 5.02 Å². The summed E-state index contributed by atoms with van der Waals surface area (Å²) < 4.78 is 5.38. The van der Waals surface area contributed by atoms with Crippen LogP contribution in [-0.2, 0) is 11.2 Å². The van der Waals surface area contributed by atoms with Gasteiger partial charge in [0.1, 0.15) is 5.75 Å². The van der Waals surface area contributed by atoms with Crippen molar-refractivity contribution >= 4 is 17.6 Å². The molecule has 0 heterocycles. The van der Waals surface area contributed by atoms with Gasteiger partial charge >= 0.3 is 5.97 Å². The predicted molar refractivity (Wildman–Crippen MR) is 92.6 cm³/mol. The third-order valence-corrected chi connectivity index (χ3v) is 4.16. The number of rotatable bonds is 6. The zero-order valence-electron chi connectivity index (χ0n) is 13.5. The van der Waals surface area contributed by atoms with Crippen LogP contribution in [0.25, 0.3) is 0 Å². The summed E-state index contributed by atoms with van der Waals surface area (Å²) in [6, 6.07) is 13.1. The van der Waals surface area contributed by atoms with Crippen molar-refractivity contribution in [1.29, 1.82) is 0 Å². The third kappa shape index (κ3) is 4.26. The van der Waals surface area contributed by atoms with E-state index in [0.29, 0.717) is 28.7 Å². The zero-order chi connectivity index (χ0) is 17.0. The van der Waals surface area contributed by atoms with Gasteiger partial charge in [0.05, 0.1) is 13.0 Å². The van der Waals surface area contributed by atoms with Gasteiger partial charge in [0.15, 0.2) is 0 Å². The maximum Gasteiger partial charge on any atom is 0.311 e. The molecule has 2 rings (SSSR count). The lowest BCUT2D eigenvalue weighted by Crippen LogP contribution is -2.16. The van der Waals surface area contributed by atoms with Crippen LogP contribution in [0.15, 0.2) is 42.5 Å². The smallest absolute Gasteiger partial charge is 0.311 e. The van der Waals surface area contributed by atoms with Gasteiger partial charge in [-0.3, -0.25) is 4.79 Å². The molecule has 1 unspecified atom stereocenters. The number of carboxylic acids is 1. The second-order valence-corrected chi connectivity index (χ2v) is 6.32. The Morgan fingerprint density at radius 3 is 2.52 bits per heavy atom. The topological polar surface area (TPSA) is 46.5 Å². The van der Waals surface area contributed by atoms with Gasteiger partial charge in [-0.2, -0.15) is 0 Å². The molecule has 0 amide bonds. The van der Waals surface area contributed by atoms with E-state index in [1.165, 1.54) is 0 Å². The number of aliphatic carboxylic acids is 1. The van der Waals surface area contributed by atoms with Crippen molar-refractivity contribution in [3.05, 3.63) is 64.2 Å². The van der Waals surface area contributed by atoms with E-state index >= 15 is 0 Å². The Hall–Kier alpha value is -2.00. The molecular weight excluding hydrogens is 312 g/mol. The molecule has 0 aliphatic heterocycles. The van der Waals surface area contributed by atoms with Gasteiger partial charge in [-0.15, -0.1) is 0 Å². The van der Waals surface area contributed by atoms with Gasteiger partial charge in [0.25, 0.3) is 0 Å². The van der Waals surface area contributed by atoms with E-state index in [1.807, 2.05) is 30.3 Å². The molecule has 122 valence electrons. The van der Waals surface area contributed by atoms with Crippen LogP contribution in [0.4, 0.5) is 0 Å². The molecule has 2 aromatic rings. The number of ether oxygens (including phenoxy) is 1. The molecular formula is C19H21ClO3. The molecule has 3 nitrogen and oxygen atoms in total. The van der Waals surface area contributed by atoms with Gasteiger partial charge < -0.3 is 9.84 Å². The minimum Gasteiger partial charge on any atom is -0.496 e. The summed E-state index contributed by atoms with van der Waals surface area (Å²) in [7, 11) is 1.56. The quantitative estimate of drug-likeness (QED) is 0.819. The normalized spacial score (nSPS) is 12.2. The van der Waals surface area contributed by atoms with Crippen LogP contribution < -0.4 is 4.74 Å². The highest BCUT2D eigenvalue weighted by molar-refractivity contribution is 6.30. The number of hydrogen-bond acceptors (Lipinski definition) is 2. The molecule has 0 spiro atoms. The zero-order valence-corrected chi connectivity index (χ0v) is 14.3. The Labute approximate surface area is 141 Å². The first-order chi connectivity index (χ1) is 10.9. The molecule has 4 heteroatoms. The number of halogens is 1. The first-order valence-electron chi connectivity index (χ1n) is 7.57. The molecule has 0 radical (unpaired) electrons. The molecule has 0 aliphatic rings. The van der Waals surface area contributed by atoms with E-state index in [0.717, 1.165) is 11.1 Å². The van der Waals surface area contributed by atoms with Crippen molar-refractivity contribution in [2.45, 2.75) is 32.1 Å². The average molecular weight is 333 g/mol. The Morgan fingerprint density at radius 1 is 1.22 bits per heavy atom. The fourth-order valence-electron chi connectivity index (χ4n) is 2.61. The molecule has 0 saturated heterocycles. The van der Waals surface area contributed by atoms with Crippen LogP contribution >= 0.6 is 11.6 Å². The number of carboxylic acid groups (broad SMARTS) is 1. The Bertz CT molecular complexity index is 695. The highest BCUT2D eigenvalue weighted by Crippen LogP contribution is 2.33. The summed E-state index contributed by atoms with van der Waals surface area (Å²) in [5, 5.41) is 10.3. The molecule has 0 saturated carbocycles. The van der Waals surface area contributed by atoms with Gasteiger partial charge in [0.2, 0.25) is 0 Å². The standard InChI is InChI=1S/C19H21ClO3/c1-12(2)14-7-8-18(23-3)16(11-14)17(19(21)22)10-13-5-4-6-15(20)9-13/h4-9,11-12,17H,10H2,1-3H3,(H,21,22). The van der Waals surface area contributed by atoms with Crippen LogP contribution in [-0.4, -0.2) is 18.2 Å². The Balaban J connectivity index is 2.44. The summed E-state index contributed by atoms with van der Waals surface area (Å²) in [4.78, 5) is 11.8. The predicted octanol–water partition coefficient (Wildman–Crippen LogP) is 4.88. The van der Waals surface area contributed by atoms with E-state index in [2.05, 4.69) is 13.8 Å². The first kappa shape index (κ1) is 17.4. The van der Waals surface area contributed by atoms with Gasteiger partial charge in [-0.1, -0.05) is 49.7 Å². The second kappa shape index (κ2) is 7.51. The highest BCUT2D eigenvalue weighted by Gasteiger charge is 2.24. The SMILES string of the molecule is COc1ccc(C(C)C)cc1C(Cc1cccc(Cl)c1)C(=O)O. The fraction of sp³-hybridized carbons (Fsp3) is 0.316. The van der Waals surface area contributed by atoms with Crippen LogP contribution in [0.5, 0.6) is 5.75 Å². The maximum absolute atomic E-state index is 11.8. The minimum atomic E-state index is -0.871. The number of benzene rings is 2. The first-order valence-corrected chi connectivity index (χ1v) is 7.95. The third-order valence-electron chi connectivity index (χ3n) is 3.92. The Morgan fingerprint density at radius 2 is 1.96 bits per heavy atom. The molecule has 1 N–H and O–H groups in total. The Kier molecular flexibility index (Phi) is 5.67. The lowest BCUT2D eigenvalue weighted by molar-refractivity contribution is -0.138. The number of methoxy groups -OCH3 is 1. The van der Waals surface area contributed by atoms with Crippen LogP contribution in [0, 0.1) is 0 Å². The van der Waals surface area contributed by atoms with Crippen molar-refractivity contribution in [2.24, 2.45) is 0 Å². The van der Waals surface area contributed by atoms with Crippen LogP contribution in [0.1, 0.15) is 42.4 Å². The largest absolute Gasteiger partial charge is 0.496 e.